The summed E-state index contributed by atoms with van der Waals surface area (Å²) in [5.41, 5.74) is 6.16. The summed E-state index contributed by atoms with van der Waals surface area (Å²) in [6.07, 6.45) is 13.2. The third kappa shape index (κ3) is 7.88. The second-order valence-corrected chi connectivity index (χ2v) is 6.32. The van der Waals surface area contributed by atoms with Gasteiger partial charge in [0.05, 0.1) is 0 Å². The number of aryl methyl sites for hydroxylation is 1. The Bertz CT molecular complexity index is 269. The molecule has 2 N–H and O–H groups in total. The maximum atomic E-state index is 6.16. The molecule has 104 valence electrons. The van der Waals surface area contributed by atoms with Gasteiger partial charge in [-0.15, -0.1) is 11.3 Å². The molecule has 0 saturated heterocycles. The van der Waals surface area contributed by atoms with Gasteiger partial charge in [-0.1, -0.05) is 57.9 Å². The third-order valence-corrected chi connectivity index (χ3v) is 4.46. The van der Waals surface area contributed by atoms with Crippen molar-refractivity contribution in [2.24, 2.45) is 5.73 Å². The van der Waals surface area contributed by atoms with Crippen molar-refractivity contribution < 1.29 is 0 Å². The van der Waals surface area contributed by atoms with Crippen LogP contribution in [0.5, 0.6) is 0 Å². The molecule has 0 spiro atoms. The van der Waals surface area contributed by atoms with Gasteiger partial charge in [-0.2, -0.15) is 0 Å². The molecule has 0 aliphatic heterocycles. The molecule has 1 aromatic heterocycles. The summed E-state index contributed by atoms with van der Waals surface area (Å²) in [5.74, 6) is 0. The van der Waals surface area contributed by atoms with Gasteiger partial charge in [-0.05, 0) is 30.7 Å². The van der Waals surface area contributed by atoms with Crippen molar-refractivity contribution in [1.29, 1.82) is 0 Å². The highest BCUT2D eigenvalue weighted by Gasteiger charge is 2.03. The van der Waals surface area contributed by atoms with Gasteiger partial charge >= 0.3 is 0 Å². The lowest BCUT2D eigenvalue weighted by atomic mass is 10.0. The summed E-state index contributed by atoms with van der Waals surface area (Å²) >= 11 is 1.85. The van der Waals surface area contributed by atoms with E-state index in [-0.39, 0.29) is 0 Å². The average molecular weight is 267 g/mol. The summed E-state index contributed by atoms with van der Waals surface area (Å²) in [6, 6.07) is 4.75. The maximum Gasteiger partial charge on any atom is 0.00458 e. The molecular formula is C16H29NS. The maximum absolute atomic E-state index is 6.16. The standard InChI is InChI=1S/C16H29NS/c1-2-3-4-5-6-7-8-10-15(17)12-13-16-11-9-14-18-16/h9,11,14-15H,2-8,10,12-13,17H2,1H3. The van der Waals surface area contributed by atoms with E-state index in [4.69, 9.17) is 5.73 Å². The van der Waals surface area contributed by atoms with Crippen molar-refractivity contribution >= 4 is 11.3 Å². The van der Waals surface area contributed by atoms with Gasteiger partial charge < -0.3 is 5.73 Å². The minimum atomic E-state index is 0.405. The van der Waals surface area contributed by atoms with Crippen LogP contribution in [0.25, 0.3) is 0 Å². The van der Waals surface area contributed by atoms with E-state index >= 15 is 0 Å². The normalized spacial score (nSPS) is 12.8. The Kier molecular flexibility index (Phi) is 9.23. The SMILES string of the molecule is CCCCCCCCCC(N)CCc1cccs1. The molecule has 2 heteroatoms. The van der Waals surface area contributed by atoms with Crippen LogP contribution in [-0.4, -0.2) is 6.04 Å². The first kappa shape index (κ1) is 15.7. The van der Waals surface area contributed by atoms with Crippen LogP contribution < -0.4 is 5.73 Å². The topological polar surface area (TPSA) is 26.0 Å². The highest BCUT2D eigenvalue weighted by atomic mass is 32.1. The quantitative estimate of drug-likeness (QED) is 0.551. The van der Waals surface area contributed by atoms with E-state index in [0.29, 0.717) is 6.04 Å². The van der Waals surface area contributed by atoms with Gasteiger partial charge in [0.25, 0.3) is 0 Å². The number of hydrogen-bond donors (Lipinski definition) is 1. The minimum absolute atomic E-state index is 0.405. The molecule has 1 aromatic rings. The predicted molar refractivity (Wildman–Crippen MR) is 83.2 cm³/mol. The Labute approximate surface area is 117 Å². The minimum Gasteiger partial charge on any atom is -0.328 e. The average Bonchev–Trinajstić information content (AvgIpc) is 2.88. The van der Waals surface area contributed by atoms with E-state index in [2.05, 4.69) is 24.4 Å². The van der Waals surface area contributed by atoms with E-state index < -0.39 is 0 Å². The van der Waals surface area contributed by atoms with Crippen LogP contribution in [0, 0.1) is 0 Å². The van der Waals surface area contributed by atoms with Crippen molar-refractivity contribution in [3.63, 3.8) is 0 Å². The summed E-state index contributed by atoms with van der Waals surface area (Å²) in [7, 11) is 0. The van der Waals surface area contributed by atoms with Crippen molar-refractivity contribution in [3.05, 3.63) is 22.4 Å². The van der Waals surface area contributed by atoms with Crippen molar-refractivity contribution in [1.82, 2.24) is 0 Å². The van der Waals surface area contributed by atoms with E-state index in [0.717, 1.165) is 12.8 Å². The molecular weight excluding hydrogens is 238 g/mol. The summed E-state index contributed by atoms with van der Waals surface area (Å²) in [6.45, 7) is 2.27. The Hall–Kier alpha value is -0.340. The molecule has 0 amide bonds. The number of rotatable bonds is 11. The third-order valence-electron chi connectivity index (χ3n) is 3.52. The molecule has 18 heavy (non-hydrogen) atoms. The molecule has 1 rings (SSSR count). The van der Waals surface area contributed by atoms with Crippen LogP contribution in [0.3, 0.4) is 0 Å². The van der Waals surface area contributed by atoms with Gasteiger partial charge in [0.2, 0.25) is 0 Å². The number of thiophene rings is 1. The number of unbranched alkanes of at least 4 members (excludes halogenated alkanes) is 6. The Morgan fingerprint density at radius 2 is 1.78 bits per heavy atom. The fraction of sp³-hybridized carbons (Fsp3) is 0.750. The lowest BCUT2D eigenvalue weighted by Crippen LogP contribution is -2.20. The molecule has 0 saturated carbocycles. The van der Waals surface area contributed by atoms with Gasteiger partial charge in [-0.25, -0.2) is 0 Å². The van der Waals surface area contributed by atoms with E-state index in [1.54, 1.807) is 0 Å². The zero-order valence-corrected chi connectivity index (χ0v) is 12.7. The van der Waals surface area contributed by atoms with Gasteiger partial charge in [-0.3, -0.25) is 0 Å². The first-order valence-electron chi connectivity index (χ1n) is 7.61. The smallest absolute Gasteiger partial charge is 0.00458 e. The van der Waals surface area contributed by atoms with Crippen LogP contribution in [0.1, 0.15) is 69.6 Å². The first-order chi connectivity index (χ1) is 8.83. The van der Waals surface area contributed by atoms with Crippen molar-refractivity contribution in [3.8, 4) is 0 Å². The Balaban J connectivity index is 1.89. The summed E-state index contributed by atoms with van der Waals surface area (Å²) in [5, 5.41) is 2.15. The largest absolute Gasteiger partial charge is 0.328 e. The van der Waals surface area contributed by atoms with E-state index in [9.17, 15) is 0 Å². The number of nitrogens with two attached hydrogens (primary N) is 1. The zero-order valence-electron chi connectivity index (χ0n) is 11.9. The van der Waals surface area contributed by atoms with Gasteiger partial charge in [0.1, 0.15) is 0 Å². The lowest BCUT2D eigenvalue weighted by molar-refractivity contribution is 0.511. The zero-order chi connectivity index (χ0) is 13.1. The molecule has 0 aromatic carbocycles. The highest BCUT2D eigenvalue weighted by Crippen LogP contribution is 2.14. The monoisotopic (exact) mass is 267 g/mol. The number of hydrogen-bond acceptors (Lipinski definition) is 2. The molecule has 1 unspecified atom stereocenters. The molecule has 1 heterocycles. The molecule has 1 atom stereocenters. The fourth-order valence-electron chi connectivity index (χ4n) is 2.29. The highest BCUT2D eigenvalue weighted by molar-refractivity contribution is 7.09. The molecule has 0 aliphatic carbocycles. The molecule has 0 fully saturated rings. The van der Waals surface area contributed by atoms with Crippen molar-refractivity contribution in [2.45, 2.75) is 77.2 Å². The Morgan fingerprint density at radius 3 is 2.44 bits per heavy atom. The summed E-state index contributed by atoms with van der Waals surface area (Å²) < 4.78 is 0. The van der Waals surface area contributed by atoms with Crippen LogP contribution in [0.15, 0.2) is 17.5 Å². The second kappa shape index (κ2) is 10.6. The van der Waals surface area contributed by atoms with Crippen molar-refractivity contribution in [2.75, 3.05) is 0 Å². The molecule has 0 radical (unpaired) electrons. The van der Waals surface area contributed by atoms with E-state index in [1.165, 1.54) is 56.2 Å². The van der Waals surface area contributed by atoms with Gasteiger partial charge in [0, 0.05) is 10.9 Å². The van der Waals surface area contributed by atoms with Crippen LogP contribution in [0.2, 0.25) is 0 Å². The lowest BCUT2D eigenvalue weighted by Gasteiger charge is -2.10. The van der Waals surface area contributed by atoms with Gasteiger partial charge in [0.15, 0.2) is 0 Å². The second-order valence-electron chi connectivity index (χ2n) is 5.29. The van der Waals surface area contributed by atoms with Crippen LogP contribution in [0.4, 0.5) is 0 Å². The predicted octanol–water partition coefficient (Wildman–Crippen LogP) is 5.15. The van der Waals surface area contributed by atoms with Crippen LogP contribution in [-0.2, 0) is 6.42 Å². The fourth-order valence-corrected chi connectivity index (χ4v) is 3.02. The Morgan fingerprint density at radius 1 is 1.06 bits per heavy atom. The molecule has 0 aliphatic rings. The summed E-state index contributed by atoms with van der Waals surface area (Å²) in [4.78, 5) is 1.48. The molecule has 0 bridgehead atoms. The first-order valence-corrected chi connectivity index (χ1v) is 8.49. The molecule has 1 nitrogen and oxygen atoms in total. The van der Waals surface area contributed by atoms with E-state index in [1.807, 2.05) is 11.3 Å². The van der Waals surface area contributed by atoms with Crippen LogP contribution >= 0.6 is 11.3 Å².